The summed E-state index contributed by atoms with van der Waals surface area (Å²) in [7, 11) is 0. The van der Waals surface area contributed by atoms with E-state index in [1.54, 1.807) is 0 Å². The lowest BCUT2D eigenvalue weighted by Gasteiger charge is -2.20. The highest BCUT2D eigenvalue weighted by Gasteiger charge is 2.13. The van der Waals surface area contributed by atoms with Gasteiger partial charge < -0.3 is 14.8 Å². The molecule has 3 nitrogen and oxygen atoms in total. The van der Waals surface area contributed by atoms with Crippen molar-refractivity contribution in [3.8, 4) is 11.5 Å². The highest BCUT2D eigenvalue weighted by molar-refractivity contribution is 5.85. The number of hydrogen-bond acceptors (Lipinski definition) is 3. The molecule has 17 heavy (non-hydrogen) atoms. The molecule has 2 heterocycles. The van der Waals surface area contributed by atoms with Crippen LogP contribution in [-0.2, 0) is 0 Å². The van der Waals surface area contributed by atoms with Gasteiger partial charge in [-0.1, -0.05) is 12.1 Å². The van der Waals surface area contributed by atoms with Gasteiger partial charge in [0.15, 0.2) is 11.5 Å². The summed E-state index contributed by atoms with van der Waals surface area (Å²) in [5.41, 5.74) is 2.65. The molecule has 1 aromatic rings. The van der Waals surface area contributed by atoms with Crippen molar-refractivity contribution >= 4 is 18.0 Å². The molecular weight excluding hydrogens is 238 g/mol. The topological polar surface area (TPSA) is 30.5 Å². The number of ether oxygens (including phenoxy) is 2. The third kappa shape index (κ3) is 2.56. The lowest BCUT2D eigenvalue weighted by molar-refractivity contribution is 0.171. The molecule has 0 spiro atoms. The van der Waals surface area contributed by atoms with Crippen LogP contribution in [0.4, 0.5) is 0 Å². The van der Waals surface area contributed by atoms with Gasteiger partial charge in [-0.3, -0.25) is 0 Å². The summed E-state index contributed by atoms with van der Waals surface area (Å²) >= 11 is 0. The molecule has 0 fully saturated rings. The first kappa shape index (κ1) is 12.3. The standard InChI is InChI=1S/C13H15NO2.ClH/c1-2-12-13(16-8-7-15-12)9-11(1)10-3-5-14-6-4-10;/h1-3,9,14H,4-8H2;1H. The van der Waals surface area contributed by atoms with Crippen LogP contribution >= 0.6 is 12.4 Å². The second-order valence-corrected chi connectivity index (χ2v) is 4.04. The van der Waals surface area contributed by atoms with Crippen LogP contribution in [-0.4, -0.2) is 26.3 Å². The SMILES string of the molecule is C1=C(c2ccc3c(c2)OCCO3)CCNC1.Cl. The molecule has 0 aliphatic carbocycles. The summed E-state index contributed by atoms with van der Waals surface area (Å²) in [6, 6.07) is 6.21. The molecule has 0 aromatic heterocycles. The Balaban J connectivity index is 0.00000108. The van der Waals surface area contributed by atoms with Crippen LogP contribution < -0.4 is 14.8 Å². The fourth-order valence-corrected chi connectivity index (χ4v) is 2.13. The molecule has 92 valence electrons. The van der Waals surface area contributed by atoms with Gasteiger partial charge >= 0.3 is 0 Å². The molecule has 1 N–H and O–H groups in total. The molecule has 2 aliphatic heterocycles. The molecule has 0 saturated carbocycles. The number of rotatable bonds is 1. The van der Waals surface area contributed by atoms with Gasteiger partial charge in [-0.05, 0) is 36.2 Å². The van der Waals surface area contributed by atoms with Gasteiger partial charge in [0.05, 0.1) is 0 Å². The maximum atomic E-state index is 5.59. The zero-order valence-corrected chi connectivity index (χ0v) is 10.4. The summed E-state index contributed by atoms with van der Waals surface area (Å²) in [6.07, 6.45) is 3.33. The molecule has 0 bridgehead atoms. The Hall–Kier alpha value is -1.19. The van der Waals surface area contributed by atoms with Gasteiger partial charge in [-0.2, -0.15) is 0 Å². The zero-order valence-electron chi connectivity index (χ0n) is 9.57. The maximum Gasteiger partial charge on any atom is 0.161 e. The van der Waals surface area contributed by atoms with Crippen molar-refractivity contribution in [3.05, 3.63) is 29.8 Å². The van der Waals surface area contributed by atoms with Gasteiger partial charge in [0.2, 0.25) is 0 Å². The van der Waals surface area contributed by atoms with Crippen molar-refractivity contribution in [2.24, 2.45) is 0 Å². The van der Waals surface area contributed by atoms with E-state index in [2.05, 4.69) is 23.5 Å². The van der Waals surface area contributed by atoms with E-state index in [4.69, 9.17) is 9.47 Å². The van der Waals surface area contributed by atoms with E-state index in [0.717, 1.165) is 31.0 Å². The Bertz CT molecular complexity index is 431. The van der Waals surface area contributed by atoms with Crippen molar-refractivity contribution in [3.63, 3.8) is 0 Å². The second kappa shape index (κ2) is 5.43. The number of fused-ring (bicyclic) bond motifs is 1. The summed E-state index contributed by atoms with van der Waals surface area (Å²) < 4.78 is 11.1. The van der Waals surface area contributed by atoms with Crippen LogP contribution in [0.1, 0.15) is 12.0 Å². The summed E-state index contributed by atoms with van der Waals surface area (Å²) in [5, 5.41) is 3.31. The normalized spacial score (nSPS) is 18.0. The van der Waals surface area contributed by atoms with Crippen molar-refractivity contribution in [1.82, 2.24) is 5.32 Å². The monoisotopic (exact) mass is 253 g/mol. The van der Waals surface area contributed by atoms with Crippen LogP contribution in [0.2, 0.25) is 0 Å². The molecule has 1 aromatic carbocycles. The quantitative estimate of drug-likeness (QED) is 0.833. The van der Waals surface area contributed by atoms with E-state index in [0.29, 0.717) is 13.2 Å². The Kier molecular flexibility index (Phi) is 3.92. The first-order valence-corrected chi connectivity index (χ1v) is 5.73. The van der Waals surface area contributed by atoms with Crippen LogP contribution in [0.25, 0.3) is 5.57 Å². The number of halogens is 1. The predicted molar refractivity (Wildman–Crippen MR) is 70.1 cm³/mol. The molecular formula is C13H16ClNO2. The van der Waals surface area contributed by atoms with Gasteiger partial charge in [-0.25, -0.2) is 0 Å². The van der Waals surface area contributed by atoms with E-state index >= 15 is 0 Å². The Morgan fingerprint density at radius 3 is 2.65 bits per heavy atom. The van der Waals surface area contributed by atoms with Crippen LogP contribution in [0.15, 0.2) is 24.3 Å². The maximum absolute atomic E-state index is 5.59. The minimum atomic E-state index is 0. The van der Waals surface area contributed by atoms with Crippen molar-refractivity contribution < 1.29 is 9.47 Å². The van der Waals surface area contributed by atoms with Crippen molar-refractivity contribution in [2.45, 2.75) is 6.42 Å². The molecule has 2 aliphatic rings. The molecule has 0 unspecified atom stereocenters. The predicted octanol–water partition coefficient (Wildman–Crippen LogP) is 2.26. The largest absolute Gasteiger partial charge is 0.486 e. The second-order valence-electron chi connectivity index (χ2n) is 4.04. The van der Waals surface area contributed by atoms with Gasteiger partial charge in [0, 0.05) is 6.54 Å². The Morgan fingerprint density at radius 2 is 1.88 bits per heavy atom. The summed E-state index contributed by atoms with van der Waals surface area (Å²) in [5.74, 6) is 1.74. The summed E-state index contributed by atoms with van der Waals surface area (Å²) in [6.45, 7) is 3.32. The minimum Gasteiger partial charge on any atom is -0.486 e. The Morgan fingerprint density at radius 1 is 1.06 bits per heavy atom. The molecule has 3 rings (SSSR count). The van der Waals surface area contributed by atoms with Crippen molar-refractivity contribution in [2.75, 3.05) is 26.3 Å². The molecule has 0 radical (unpaired) electrons. The smallest absolute Gasteiger partial charge is 0.161 e. The number of benzene rings is 1. The van der Waals surface area contributed by atoms with Crippen LogP contribution in [0, 0.1) is 0 Å². The van der Waals surface area contributed by atoms with Crippen LogP contribution in [0.5, 0.6) is 11.5 Å². The molecule has 4 heteroatoms. The highest BCUT2D eigenvalue weighted by Crippen LogP contribution is 2.33. The minimum absolute atomic E-state index is 0. The first-order chi connectivity index (χ1) is 7.93. The fraction of sp³-hybridized carbons (Fsp3) is 0.385. The Labute approximate surface area is 107 Å². The number of hydrogen-bond donors (Lipinski definition) is 1. The van der Waals surface area contributed by atoms with E-state index in [1.165, 1.54) is 11.1 Å². The molecule has 0 saturated heterocycles. The van der Waals surface area contributed by atoms with E-state index in [9.17, 15) is 0 Å². The average Bonchev–Trinajstić information content (AvgIpc) is 2.39. The van der Waals surface area contributed by atoms with Crippen LogP contribution in [0.3, 0.4) is 0 Å². The van der Waals surface area contributed by atoms with Gasteiger partial charge in [-0.15, -0.1) is 12.4 Å². The van der Waals surface area contributed by atoms with E-state index in [1.807, 2.05) is 6.07 Å². The van der Waals surface area contributed by atoms with Crippen molar-refractivity contribution in [1.29, 1.82) is 0 Å². The lowest BCUT2D eigenvalue weighted by atomic mass is 10.00. The third-order valence-corrected chi connectivity index (χ3v) is 2.98. The third-order valence-electron chi connectivity index (χ3n) is 2.98. The highest BCUT2D eigenvalue weighted by atomic mass is 35.5. The zero-order chi connectivity index (χ0) is 10.8. The van der Waals surface area contributed by atoms with Gasteiger partial charge in [0.1, 0.15) is 13.2 Å². The fourth-order valence-electron chi connectivity index (χ4n) is 2.13. The van der Waals surface area contributed by atoms with E-state index < -0.39 is 0 Å². The first-order valence-electron chi connectivity index (χ1n) is 5.73. The van der Waals surface area contributed by atoms with Gasteiger partial charge in [0.25, 0.3) is 0 Å². The molecule has 0 atom stereocenters. The average molecular weight is 254 g/mol. The molecule has 0 amide bonds. The lowest BCUT2D eigenvalue weighted by Crippen LogP contribution is -2.20. The van der Waals surface area contributed by atoms with E-state index in [-0.39, 0.29) is 12.4 Å². The summed E-state index contributed by atoms with van der Waals surface area (Å²) in [4.78, 5) is 0. The number of nitrogens with one attached hydrogen (secondary N) is 1.